The number of ether oxygens (including phenoxy) is 2. The lowest BCUT2D eigenvalue weighted by atomic mass is 10.2. The van der Waals surface area contributed by atoms with Gasteiger partial charge in [-0.3, -0.25) is 9.59 Å². The van der Waals surface area contributed by atoms with Crippen LogP contribution in [0.2, 0.25) is 0 Å². The van der Waals surface area contributed by atoms with Crippen LogP contribution in [0.4, 0.5) is 11.4 Å². The van der Waals surface area contributed by atoms with Gasteiger partial charge < -0.3 is 19.7 Å². The molecule has 0 aromatic heterocycles. The van der Waals surface area contributed by atoms with E-state index < -0.39 is 0 Å². The van der Waals surface area contributed by atoms with Crippen molar-refractivity contribution in [1.82, 2.24) is 0 Å². The minimum atomic E-state index is -0.235. The van der Waals surface area contributed by atoms with Crippen molar-refractivity contribution in [3.63, 3.8) is 0 Å². The summed E-state index contributed by atoms with van der Waals surface area (Å²) in [4.78, 5) is 26.6. The molecule has 0 aliphatic carbocycles. The highest BCUT2D eigenvalue weighted by molar-refractivity contribution is 6.08. The molecule has 0 saturated carbocycles. The van der Waals surface area contributed by atoms with E-state index in [1.165, 1.54) is 0 Å². The summed E-state index contributed by atoms with van der Waals surface area (Å²) in [6, 6.07) is 14.5. The van der Waals surface area contributed by atoms with Gasteiger partial charge in [0.05, 0.1) is 17.5 Å². The minimum Gasteiger partial charge on any atom is -0.491 e. The van der Waals surface area contributed by atoms with Crippen LogP contribution in [0, 0.1) is 0 Å². The van der Waals surface area contributed by atoms with Crippen LogP contribution in [-0.2, 0) is 9.53 Å². The quantitative estimate of drug-likeness (QED) is 0.831. The van der Waals surface area contributed by atoms with Gasteiger partial charge in [-0.15, -0.1) is 0 Å². The molecule has 6 nitrogen and oxygen atoms in total. The molecule has 2 aromatic carbocycles. The molecule has 2 fully saturated rings. The van der Waals surface area contributed by atoms with E-state index in [4.69, 9.17) is 9.47 Å². The second-order valence-electron chi connectivity index (χ2n) is 7.09. The van der Waals surface area contributed by atoms with E-state index in [1.807, 2.05) is 30.3 Å². The van der Waals surface area contributed by atoms with Gasteiger partial charge in [-0.25, -0.2) is 0 Å². The fourth-order valence-corrected chi connectivity index (χ4v) is 3.60. The molecule has 2 aromatic rings. The predicted octanol–water partition coefficient (Wildman–Crippen LogP) is 3.62. The Hall–Kier alpha value is -2.86. The molecular formula is C22H24N2O4. The van der Waals surface area contributed by atoms with E-state index in [2.05, 4.69) is 5.32 Å². The molecule has 0 spiro atoms. The Morgan fingerprint density at radius 1 is 1.18 bits per heavy atom. The maximum atomic E-state index is 12.8. The molecule has 28 heavy (non-hydrogen) atoms. The molecule has 2 aliphatic heterocycles. The summed E-state index contributed by atoms with van der Waals surface area (Å²) in [6.07, 6.45) is 3.58. The lowest BCUT2D eigenvalue weighted by Gasteiger charge is -2.20. The third-order valence-corrected chi connectivity index (χ3v) is 5.07. The standard InChI is InChI=1S/C22H24N2O4/c25-21-11-4-12-24(21)20-10-2-1-9-19(20)23-22(26)16-6-3-7-17(14-16)28-15-18-8-5-13-27-18/h1-3,6-7,9-10,14,18H,4-5,8,11-13,15H2,(H,23,26). The summed E-state index contributed by atoms with van der Waals surface area (Å²) in [5.74, 6) is 0.499. The molecule has 1 unspecified atom stereocenters. The van der Waals surface area contributed by atoms with Crippen LogP contribution in [0.25, 0.3) is 0 Å². The Morgan fingerprint density at radius 2 is 2.07 bits per heavy atom. The first-order chi connectivity index (χ1) is 13.7. The van der Waals surface area contributed by atoms with Crippen LogP contribution in [0.5, 0.6) is 5.75 Å². The highest BCUT2D eigenvalue weighted by Gasteiger charge is 2.24. The SMILES string of the molecule is O=C(Nc1ccccc1N1CCCC1=O)c1cccc(OCC2CCCO2)c1. The number of carbonyl (C=O) groups is 2. The van der Waals surface area contributed by atoms with Crippen molar-refractivity contribution in [3.8, 4) is 5.75 Å². The number of nitrogens with zero attached hydrogens (tertiary/aromatic N) is 1. The molecule has 1 N–H and O–H groups in total. The van der Waals surface area contributed by atoms with Gasteiger partial charge in [0.25, 0.3) is 5.91 Å². The molecule has 6 heteroatoms. The Morgan fingerprint density at radius 3 is 2.86 bits per heavy atom. The largest absolute Gasteiger partial charge is 0.491 e. The topological polar surface area (TPSA) is 67.9 Å². The molecule has 2 aliphatic rings. The maximum absolute atomic E-state index is 12.8. The van der Waals surface area contributed by atoms with E-state index in [0.29, 0.717) is 36.6 Å². The Kier molecular flexibility index (Phi) is 5.58. The molecule has 2 amide bonds. The highest BCUT2D eigenvalue weighted by Crippen LogP contribution is 2.30. The maximum Gasteiger partial charge on any atom is 0.255 e. The number of para-hydroxylation sites is 2. The van der Waals surface area contributed by atoms with Gasteiger partial charge in [0, 0.05) is 25.1 Å². The number of rotatable bonds is 6. The first-order valence-electron chi connectivity index (χ1n) is 9.76. The van der Waals surface area contributed by atoms with Crippen LogP contribution in [0.1, 0.15) is 36.0 Å². The molecule has 146 valence electrons. The van der Waals surface area contributed by atoms with Crippen molar-refractivity contribution < 1.29 is 19.1 Å². The van der Waals surface area contributed by atoms with Gasteiger partial charge in [-0.1, -0.05) is 18.2 Å². The fourth-order valence-electron chi connectivity index (χ4n) is 3.60. The first-order valence-corrected chi connectivity index (χ1v) is 9.76. The van der Waals surface area contributed by atoms with Crippen molar-refractivity contribution in [3.05, 3.63) is 54.1 Å². The second kappa shape index (κ2) is 8.44. The molecule has 2 saturated heterocycles. The third kappa shape index (κ3) is 4.17. The van der Waals surface area contributed by atoms with Crippen molar-refractivity contribution in [1.29, 1.82) is 0 Å². The fraction of sp³-hybridized carbons (Fsp3) is 0.364. The Labute approximate surface area is 164 Å². The molecule has 4 rings (SSSR count). The van der Waals surface area contributed by atoms with Crippen LogP contribution in [0.15, 0.2) is 48.5 Å². The normalized spacial score (nSPS) is 19.1. The number of amides is 2. The molecule has 2 heterocycles. The van der Waals surface area contributed by atoms with Crippen molar-refractivity contribution >= 4 is 23.2 Å². The zero-order valence-corrected chi connectivity index (χ0v) is 15.7. The van der Waals surface area contributed by atoms with Crippen LogP contribution in [0.3, 0.4) is 0 Å². The van der Waals surface area contributed by atoms with Crippen LogP contribution in [-0.4, -0.2) is 37.7 Å². The van der Waals surface area contributed by atoms with E-state index in [-0.39, 0.29) is 17.9 Å². The first kappa shape index (κ1) is 18.5. The lowest BCUT2D eigenvalue weighted by Crippen LogP contribution is -2.25. The third-order valence-electron chi connectivity index (χ3n) is 5.07. The zero-order valence-electron chi connectivity index (χ0n) is 15.7. The van der Waals surface area contributed by atoms with Gasteiger partial charge in [0.2, 0.25) is 5.91 Å². The van der Waals surface area contributed by atoms with E-state index in [1.54, 1.807) is 23.1 Å². The van der Waals surface area contributed by atoms with E-state index >= 15 is 0 Å². The zero-order chi connectivity index (χ0) is 19.3. The average molecular weight is 380 g/mol. The van der Waals surface area contributed by atoms with E-state index in [9.17, 15) is 9.59 Å². The Bertz CT molecular complexity index is 861. The number of hydrogen-bond donors (Lipinski definition) is 1. The molecule has 1 atom stereocenters. The van der Waals surface area contributed by atoms with Crippen LogP contribution < -0.4 is 15.0 Å². The minimum absolute atomic E-state index is 0.0891. The van der Waals surface area contributed by atoms with Crippen molar-refractivity contribution in [2.75, 3.05) is 30.0 Å². The van der Waals surface area contributed by atoms with Crippen LogP contribution >= 0.6 is 0 Å². The number of nitrogens with one attached hydrogen (secondary N) is 1. The van der Waals surface area contributed by atoms with E-state index in [0.717, 1.165) is 31.6 Å². The van der Waals surface area contributed by atoms with Gasteiger partial charge in [0.1, 0.15) is 12.4 Å². The summed E-state index contributed by atoms with van der Waals surface area (Å²) in [7, 11) is 0. The van der Waals surface area contributed by atoms with Crippen molar-refractivity contribution in [2.24, 2.45) is 0 Å². The highest BCUT2D eigenvalue weighted by atomic mass is 16.5. The van der Waals surface area contributed by atoms with Gasteiger partial charge >= 0.3 is 0 Å². The van der Waals surface area contributed by atoms with Gasteiger partial charge in [-0.2, -0.15) is 0 Å². The molecule has 0 bridgehead atoms. The summed E-state index contributed by atoms with van der Waals surface area (Å²) in [6.45, 7) is 1.96. The van der Waals surface area contributed by atoms with Gasteiger partial charge in [-0.05, 0) is 49.6 Å². The summed E-state index contributed by atoms with van der Waals surface area (Å²) in [5.41, 5.74) is 1.88. The van der Waals surface area contributed by atoms with Crippen molar-refractivity contribution in [2.45, 2.75) is 31.8 Å². The number of anilines is 2. The monoisotopic (exact) mass is 380 g/mol. The van der Waals surface area contributed by atoms with Gasteiger partial charge in [0.15, 0.2) is 0 Å². The molecule has 0 radical (unpaired) electrons. The predicted molar refractivity (Wildman–Crippen MR) is 107 cm³/mol. The number of benzene rings is 2. The number of hydrogen-bond acceptors (Lipinski definition) is 4. The average Bonchev–Trinajstić information content (AvgIpc) is 3.39. The molecular weight excluding hydrogens is 356 g/mol. The lowest BCUT2D eigenvalue weighted by molar-refractivity contribution is -0.117. The number of carbonyl (C=O) groups excluding carboxylic acids is 2. The summed E-state index contributed by atoms with van der Waals surface area (Å²) in [5, 5.41) is 2.94. The summed E-state index contributed by atoms with van der Waals surface area (Å²) < 4.78 is 11.4. The Balaban J connectivity index is 1.45. The second-order valence-corrected chi connectivity index (χ2v) is 7.09. The summed E-state index contributed by atoms with van der Waals surface area (Å²) >= 11 is 0. The smallest absolute Gasteiger partial charge is 0.255 e.